The number of urea groups is 1. The van der Waals surface area contributed by atoms with E-state index in [1.807, 2.05) is 55.9 Å². The van der Waals surface area contributed by atoms with Gasteiger partial charge in [-0.15, -0.1) is 0 Å². The number of nitrogens with one attached hydrogen (secondary N) is 4. The number of nitrogens with zero attached hydrogens (tertiary/aromatic N) is 2. The zero-order valence-corrected chi connectivity index (χ0v) is 34.7. The second-order valence-corrected chi connectivity index (χ2v) is 15.9. The highest BCUT2D eigenvalue weighted by atomic mass is 16.6. The van der Waals surface area contributed by atoms with Gasteiger partial charge in [0.1, 0.15) is 30.3 Å². The summed E-state index contributed by atoms with van der Waals surface area (Å²) in [4.78, 5) is 78.4. The number of rotatable bonds is 17. The number of anilines is 1. The Balaban J connectivity index is 1.70. The number of aromatic nitrogens is 1. The van der Waals surface area contributed by atoms with Crippen molar-refractivity contribution < 1.29 is 43.0 Å². The Kier molecular flexibility index (Phi) is 15.9. The molecule has 0 radical (unpaired) electrons. The normalized spacial score (nSPS) is 13.2. The van der Waals surface area contributed by atoms with Gasteiger partial charge in [0.05, 0.1) is 7.11 Å². The van der Waals surface area contributed by atoms with Crippen molar-refractivity contribution in [2.75, 3.05) is 26.0 Å². The molecule has 1 aromatic heterocycles. The molecule has 1 heterocycles. The van der Waals surface area contributed by atoms with Gasteiger partial charge in [0.15, 0.2) is 0 Å². The fourth-order valence-corrected chi connectivity index (χ4v) is 6.50. The molecule has 0 saturated heterocycles. The smallest absolute Gasteiger partial charge is 0.410 e. The summed E-state index contributed by atoms with van der Waals surface area (Å²) in [5.74, 6) is -1.99. The molecule has 2 aromatic carbocycles. The van der Waals surface area contributed by atoms with E-state index in [9.17, 15) is 28.8 Å². The van der Waals surface area contributed by atoms with Crippen LogP contribution in [0.15, 0.2) is 54.7 Å². The van der Waals surface area contributed by atoms with E-state index in [0.717, 1.165) is 16.5 Å². The number of alkyl carbamates (subject to hydrolysis) is 1. The summed E-state index contributed by atoms with van der Waals surface area (Å²) in [6, 6.07) is 10.7. The lowest BCUT2D eigenvalue weighted by atomic mass is 9.77. The van der Waals surface area contributed by atoms with Gasteiger partial charge in [-0.05, 0) is 75.3 Å². The van der Waals surface area contributed by atoms with Crippen molar-refractivity contribution in [1.82, 2.24) is 25.4 Å². The molecule has 0 aliphatic rings. The van der Waals surface area contributed by atoms with E-state index in [4.69, 9.17) is 19.9 Å². The molecule has 3 rings (SSSR count). The first kappa shape index (κ1) is 45.6. The number of carbonyl (C=O) groups is 6. The van der Waals surface area contributed by atoms with E-state index < -0.39 is 65.1 Å². The van der Waals surface area contributed by atoms with Gasteiger partial charge in [-0.25, -0.2) is 19.2 Å². The Bertz CT molecular complexity index is 1880. The number of para-hydroxylation sites is 1. The number of carbonyl (C=O) groups excluding carboxylic acids is 6. The summed E-state index contributed by atoms with van der Waals surface area (Å²) in [7, 11) is 4.70. The van der Waals surface area contributed by atoms with Crippen molar-refractivity contribution in [1.29, 1.82) is 0 Å². The summed E-state index contributed by atoms with van der Waals surface area (Å²) in [6.07, 6.45) is 1.63. The molecule has 6 N–H and O–H groups in total. The van der Waals surface area contributed by atoms with Gasteiger partial charge in [0.25, 0.3) is 0 Å². The number of aryl methyl sites for hydroxylation is 1. The Morgan fingerprint density at radius 3 is 2.14 bits per heavy atom. The minimum Gasteiger partial charge on any atom is -0.467 e. The Hall–Kier alpha value is -5.80. The first-order valence-corrected chi connectivity index (χ1v) is 18.9. The van der Waals surface area contributed by atoms with Crippen LogP contribution in [0.4, 0.5) is 20.1 Å². The number of benzene rings is 2. The van der Waals surface area contributed by atoms with Crippen LogP contribution in [0.25, 0.3) is 10.9 Å². The Morgan fingerprint density at radius 2 is 1.54 bits per heavy atom. The number of fused-ring (bicyclic) bond motifs is 1. The molecule has 57 heavy (non-hydrogen) atoms. The van der Waals surface area contributed by atoms with Crippen molar-refractivity contribution in [2.24, 2.45) is 18.7 Å². The van der Waals surface area contributed by atoms with Crippen molar-refractivity contribution >= 4 is 52.6 Å². The molecule has 16 heteroatoms. The molecule has 0 bridgehead atoms. The molecule has 1 unspecified atom stereocenters. The maximum Gasteiger partial charge on any atom is 0.410 e. The molecular formula is C41H59N7O9. The van der Waals surface area contributed by atoms with Gasteiger partial charge >= 0.3 is 24.2 Å². The van der Waals surface area contributed by atoms with Crippen molar-refractivity contribution in [3.8, 4) is 0 Å². The zero-order chi connectivity index (χ0) is 42.7. The van der Waals surface area contributed by atoms with Crippen LogP contribution in [0, 0.1) is 5.92 Å². The van der Waals surface area contributed by atoms with E-state index in [0.29, 0.717) is 30.6 Å². The number of likely N-dealkylation sites (N-methyl/N-ethyl adjacent to an activating group) is 1. The molecule has 312 valence electrons. The largest absolute Gasteiger partial charge is 0.467 e. The number of amides is 6. The van der Waals surface area contributed by atoms with Gasteiger partial charge in [0, 0.05) is 48.8 Å². The summed E-state index contributed by atoms with van der Waals surface area (Å²) in [6.45, 7) is 12.6. The second-order valence-electron chi connectivity index (χ2n) is 15.9. The molecule has 6 amide bonds. The molecule has 0 aliphatic heterocycles. The molecule has 0 spiro atoms. The first-order chi connectivity index (χ1) is 26.7. The van der Waals surface area contributed by atoms with Gasteiger partial charge < -0.3 is 45.8 Å². The maximum absolute atomic E-state index is 13.6. The monoisotopic (exact) mass is 793 g/mol. The van der Waals surface area contributed by atoms with Crippen LogP contribution in [-0.4, -0.2) is 89.9 Å². The number of ether oxygens (including phenoxy) is 3. The Morgan fingerprint density at radius 1 is 0.895 bits per heavy atom. The van der Waals surface area contributed by atoms with Crippen LogP contribution in [0.5, 0.6) is 0 Å². The molecule has 3 atom stereocenters. The van der Waals surface area contributed by atoms with E-state index in [1.54, 1.807) is 58.9 Å². The number of nitrogens with two attached hydrogens (primary N) is 1. The highest BCUT2D eigenvalue weighted by molar-refractivity contribution is 5.98. The third-order valence-electron chi connectivity index (χ3n) is 9.43. The number of hydrogen-bond donors (Lipinski definition) is 5. The van der Waals surface area contributed by atoms with E-state index in [2.05, 4.69) is 21.3 Å². The lowest BCUT2D eigenvalue weighted by Crippen LogP contribution is -2.55. The summed E-state index contributed by atoms with van der Waals surface area (Å²) < 4.78 is 18.1. The van der Waals surface area contributed by atoms with Crippen LogP contribution in [0.3, 0.4) is 0 Å². The van der Waals surface area contributed by atoms with Crippen LogP contribution < -0.4 is 27.0 Å². The first-order valence-electron chi connectivity index (χ1n) is 18.9. The predicted octanol–water partition coefficient (Wildman–Crippen LogP) is 5.08. The molecule has 16 nitrogen and oxygen atoms in total. The summed E-state index contributed by atoms with van der Waals surface area (Å²) >= 11 is 0. The molecule has 0 aliphatic carbocycles. The molecule has 0 fully saturated rings. The SMILES string of the molecule is COC(=O)[C@@H](N(C)C(=O)OCc1ccc(NC(=O)[C@H](CCCCNC(N)=O)NC(=O)C(NC(=O)OC(C)(C)C)C(C)C)cc1)C(C)(C)c1cn(C)c2ccccc12. The standard InChI is InChI=1S/C41H59N7O9/c1-25(2)32(46-38(53)57-40(3,4)5)35(50)45-30(16-13-14-22-43-37(42)52)34(49)44-27-20-18-26(19-21-27)24-56-39(54)48(9)33(36(51)55-10)41(6,7)29-23-47(8)31-17-12-11-15-28(29)31/h11-12,15,17-21,23,25,30,32-33H,13-14,16,22,24H2,1-10H3,(H,44,49)(H,45,50)(H,46,53)(H3,42,43,52)/t30-,32?,33+/m0/s1. The number of hydrogen-bond acceptors (Lipinski definition) is 9. The third-order valence-corrected chi connectivity index (χ3v) is 9.43. The lowest BCUT2D eigenvalue weighted by molar-refractivity contribution is -0.148. The molecule has 3 aromatic rings. The second kappa shape index (κ2) is 19.9. The number of primary amides is 1. The predicted molar refractivity (Wildman–Crippen MR) is 216 cm³/mol. The summed E-state index contributed by atoms with van der Waals surface area (Å²) in [5, 5.41) is 11.6. The van der Waals surface area contributed by atoms with E-state index in [1.165, 1.54) is 19.1 Å². The van der Waals surface area contributed by atoms with Crippen LogP contribution in [0.2, 0.25) is 0 Å². The average Bonchev–Trinajstić information content (AvgIpc) is 3.48. The third kappa shape index (κ3) is 12.9. The van der Waals surface area contributed by atoms with E-state index in [-0.39, 0.29) is 18.9 Å². The van der Waals surface area contributed by atoms with Crippen LogP contribution in [-0.2, 0) is 47.7 Å². The zero-order valence-electron chi connectivity index (χ0n) is 34.7. The van der Waals surface area contributed by atoms with Crippen LogP contribution >= 0.6 is 0 Å². The van der Waals surface area contributed by atoms with Gasteiger partial charge in [-0.3, -0.25) is 14.5 Å². The van der Waals surface area contributed by atoms with E-state index >= 15 is 0 Å². The number of methoxy groups -OCH3 is 1. The maximum atomic E-state index is 13.6. The van der Waals surface area contributed by atoms with Gasteiger partial charge in [-0.1, -0.05) is 58.0 Å². The Labute approximate surface area is 334 Å². The number of esters is 1. The highest BCUT2D eigenvalue weighted by Gasteiger charge is 2.44. The van der Waals surface area contributed by atoms with Crippen molar-refractivity contribution in [3.05, 3.63) is 65.9 Å². The quantitative estimate of drug-likeness (QED) is 0.0700. The van der Waals surface area contributed by atoms with Gasteiger partial charge in [-0.2, -0.15) is 0 Å². The highest BCUT2D eigenvalue weighted by Crippen LogP contribution is 2.37. The van der Waals surface area contributed by atoms with Crippen molar-refractivity contribution in [2.45, 2.75) is 103 Å². The van der Waals surface area contributed by atoms with Gasteiger partial charge in [0.2, 0.25) is 11.8 Å². The topological polar surface area (TPSA) is 212 Å². The minimum atomic E-state index is -1.02. The fourth-order valence-electron chi connectivity index (χ4n) is 6.50. The molecular weight excluding hydrogens is 734 g/mol. The number of unbranched alkanes of at least 4 members (excludes halogenated alkanes) is 1. The van der Waals surface area contributed by atoms with Crippen LogP contribution in [0.1, 0.15) is 78.9 Å². The lowest BCUT2D eigenvalue weighted by Gasteiger charge is -2.37. The van der Waals surface area contributed by atoms with Crippen molar-refractivity contribution in [3.63, 3.8) is 0 Å². The average molecular weight is 794 g/mol. The minimum absolute atomic E-state index is 0.126. The fraction of sp³-hybridized carbons (Fsp3) is 0.512. The summed E-state index contributed by atoms with van der Waals surface area (Å²) in [5.41, 5.74) is 6.38. The molecule has 0 saturated carbocycles.